The Hall–Kier alpha value is -1.58. The van der Waals surface area contributed by atoms with Gasteiger partial charge in [0.2, 0.25) is 0 Å². The fraction of sp³-hybridized carbons (Fsp3) is 0.333. The van der Waals surface area contributed by atoms with E-state index in [2.05, 4.69) is 38.1 Å². The van der Waals surface area contributed by atoms with Gasteiger partial charge in [0.05, 0.1) is 0 Å². The van der Waals surface area contributed by atoms with Crippen molar-refractivity contribution in [2.75, 3.05) is 0 Å². The molecule has 2 rings (SSSR count). The van der Waals surface area contributed by atoms with Crippen LogP contribution < -0.4 is 5.46 Å². The van der Waals surface area contributed by atoms with E-state index in [4.69, 9.17) is 10.0 Å². The third-order valence-corrected chi connectivity index (χ3v) is 4.03. The Labute approximate surface area is 127 Å². The molecular weight excluding hydrogens is 259 g/mol. The van der Waals surface area contributed by atoms with E-state index in [1.807, 2.05) is 12.1 Å². The Bertz CT molecular complexity index is 546. The Balaban J connectivity index is 2.10. The highest BCUT2D eigenvalue weighted by molar-refractivity contribution is 6.58. The molecule has 2 aromatic carbocycles. The molecule has 0 heterocycles. The predicted octanol–water partition coefficient (Wildman–Crippen LogP) is 2.86. The molecule has 0 aliphatic heterocycles. The summed E-state index contributed by atoms with van der Waals surface area (Å²) in [5, 5.41) is 18.3. The van der Waals surface area contributed by atoms with Gasteiger partial charge in [0.1, 0.15) is 0 Å². The third-order valence-electron chi connectivity index (χ3n) is 4.03. The summed E-state index contributed by atoms with van der Waals surface area (Å²) in [7, 11) is -1.40. The molecule has 2 aromatic rings. The summed E-state index contributed by atoms with van der Waals surface area (Å²) in [5.74, 6) is 0.301. The summed E-state index contributed by atoms with van der Waals surface area (Å²) in [4.78, 5) is 0. The number of aryl methyl sites for hydroxylation is 1. The Morgan fingerprint density at radius 1 is 0.905 bits per heavy atom. The minimum absolute atomic E-state index is 0.301. The maximum absolute atomic E-state index is 9.13. The van der Waals surface area contributed by atoms with Gasteiger partial charge in [-0.25, -0.2) is 0 Å². The summed E-state index contributed by atoms with van der Waals surface area (Å²) in [5.41, 5.74) is 4.39. The minimum atomic E-state index is -1.40. The summed E-state index contributed by atoms with van der Waals surface area (Å²) in [6.45, 7) is 4.38. The van der Waals surface area contributed by atoms with Crippen LogP contribution in [0.2, 0.25) is 0 Å². The second kappa shape index (κ2) is 7.44. The molecule has 0 bridgehead atoms. The van der Waals surface area contributed by atoms with Gasteiger partial charge in [0.25, 0.3) is 0 Å². The highest BCUT2D eigenvalue weighted by Gasteiger charge is 2.12. The molecule has 0 radical (unpaired) electrons. The van der Waals surface area contributed by atoms with Gasteiger partial charge in [-0.2, -0.15) is 0 Å². The maximum atomic E-state index is 9.13. The van der Waals surface area contributed by atoms with Crippen LogP contribution in [-0.4, -0.2) is 17.2 Å². The topological polar surface area (TPSA) is 40.5 Å². The summed E-state index contributed by atoms with van der Waals surface area (Å²) >= 11 is 0. The van der Waals surface area contributed by atoms with Crippen LogP contribution in [0.25, 0.3) is 0 Å². The van der Waals surface area contributed by atoms with E-state index in [0.29, 0.717) is 11.4 Å². The first-order valence-corrected chi connectivity index (χ1v) is 7.66. The van der Waals surface area contributed by atoms with Crippen LogP contribution in [0.1, 0.15) is 49.3 Å². The zero-order chi connectivity index (χ0) is 15.2. The average Bonchev–Trinajstić information content (AvgIpc) is 2.53. The van der Waals surface area contributed by atoms with Crippen molar-refractivity contribution < 1.29 is 10.0 Å². The molecular formula is C18H23BO2. The smallest absolute Gasteiger partial charge is 0.423 e. The standard InChI is InChI=1S/C18H23BO2/c1-3-4-5-15-6-8-16(9-7-15)14(2)17-10-12-18(13-11-17)19(20)21/h6-14,20-21H,3-5H2,1-2H3. The first-order chi connectivity index (χ1) is 10.1. The van der Waals surface area contributed by atoms with Crippen LogP contribution in [0, 0.1) is 0 Å². The van der Waals surface area contributed by atoms with Gasteiger partial charge in [0, 0.05) is 5.92 Å². The Morgan fingerprint density at radius 2 is 1.43 bits per heavy atom. The predicted molar refractivity (Wildman–Crippen MR) is 88.8 cm³/mol. The van der Waals surface area contributed by atoms with Gasteiger partial charge in [-0.3, -0.25) is 0 Å². The van der Waals surface area contributed by atoms with Crippen molar-refractivity contribution in [1.82, 2.24) is 0 Å². The van der Waals surface area contributed by atoms with Gasteiger partial charge in [-0.15, -0.1) is 0 Å². The van der Waals surface area contributed by atoms with E-state index in [9.17, 15) is 0 Å². The highest BCUT2D eigenvalue weighted by Crippen LogP contribution is 2.24. The maximum Gasteiger partial charge on any atom is 0.488 e. The van der Waals surface area contributed by atoms with Gasteiger partial charge in [0.15, 0.2) is 0 Å². The molecule has 0 saturated carbocycles. The second-order valence-electron chi connectivity index (χ2n) is 5.61. The quantitative estimate of drug-likeness (QED) is 0.800. The summed E-state index contributed by atoms with van der Waals surface area (Å²) in [6, 6.07) is 16.3. The lowest BCUT2D eigenvalue weighted by Crippen LogP contribution is -2.29. The lowest BCUT2D eigenvalue weighted by molar-refractivity contribution is 0.426. The number of hydrogen-bond acceptors (Lipinski definition) is 2. The summed E-state index contributed by atoms with van der Waals surface area (Å²) < 4.78 is 0. The molecule has 110 valence electrons. The first-order valence-electron chi connectivity index (χ1n) is 7.66. The van der Waals surface area contributed by atoms with Crippen molar-refractivity contribution in [2.24, 2.45) is 0 Å². The molecule has 2 nitrogen and oxygen atoms in total. The number of benzene rings is 2. The minimum Gasteiger partial charge on any atom is -0.423 e. The fourth-order valence-electron chi connectivity index (χ4n) is 2.50. The summed E-state index contributed by atoms with van der Waals surface area (Å²) in [6.07, 6.45) is 3.61. The number of unbranched alkanes of at least 4 members (excludes halogenated alkanes) is 1. The average molecular weight is 282 g/mol. The molecule has 21 heavy (non-hydrogen) atoms. The van der Waals surface area contributed by atoms with Crippen molar-refractivity contribution in [1.29, 1.82) is 0 Å². The van der Waals surface area contributed by atoms with Gasteiger partial charge in [-0.1, -0.05) is 68.8 Å². The largest absolute Gasteiger partial charge is 0.488 e. The van der Waals surface area contributed by atoms with Crippen LogP contribution in [-0.2, 0) is 6.42 Å². The monoisotopic (exact) mass is 282 g/mol. The van der Waals surface area contributed by atoms with Crippen molar-refractivity contribution in [2.45, 2.75) is 39.0 Å². The third kappa shape index (κ3) is 4.19. The Morgan fingerprint density at radius 3 is 1.90 bits per heavy atom. The van der Waals surface area contributed by atoms with Crippen LogP contribution in [0.4, 0.5) is 0 Å². The van der Waals surface area contributed by atoms with E-state index >= 15 is 0 Å². The molecule has 0 aromatic heterocycles. The SMILES string of the molecule is CCCCc1ccc(C(C)c2ccc(B(O)O)cc2)cc1. The molecule has 1 atom stereocenters. The lowest BCUT2D eigenvalue weighted by Gasteiger charge is -2.14. The van der Waals surface area contributed by atoms with E-state index in [1.165, 1.54) is 29.5 Å². The zero-order valence-corrected chi connectivity index (χ0v) is 12.8. The van der Waals surface area contributed by atoms with Crippen LogP contribution in [0.5, 0.6) is 0 Å². The van der Waals surface area contributed by atoms with Gasteiger partial charge < -0.3 is 10.0 Å². The molecule has 0 aliphatic carbocycles. The molecule has 0 aliphatic rings. The molecule has 0 spiro atoms. The van der Waals surface area contributed by atoms with Crippen LogP contribution in [0.3, 0.4) is 0 Å². The number of hydrogen-bond donors (Lipinski definition) is 2. The van der Waals surface area contributed by atoms with E-state index in [1.54, 1.807) is 12.1 Å². The van der Waals surface area contributed by atoms with Crippen LogP contribution >= 0.6 is 0 Å². The van der Waals surface area contributed by atoms with E-state index < -0.39 is 7.12 Å². The van der Waals surface area contributed by atoms with Crippen molar-refractivity contribution in [3.05, 3.63) is 65.2 Å². The lowest BCUT2D eigenvalue weighted by atomic mass is 9.79. The Kier molecular flexibility index (Phi) is 5.60. The zero-order valence-electron chi connectivity index (χ0n) is 12.8. The fourth-order valence-corrected chi connectivity index (χ4v) is 2.50. The molecule has 0 fully saturated rings. The highest BCUT2D eigenvalue weighted by atomic mass is 16.4. The normalized spacial score (nSPS) is 12.2. The van der Waals surface area contributed by atoms with Crippen LogP contribution in [0.15, 0.2) is 48.5 Å². The molecule has 0 saturated heterocycles. The van der Waals surface area contributed by atoms with E-state index in [-0.39, 0.29) is 0 Å². The second-order valence-corrected chi connectivity index (χ2v) is 5.61. The van der Waals surface area contributed by atoms with Gasteiger partial charge >= 0.3 is 7.12 Å². The molecule has 3 heteroatoms. The van der Waals surface area contributed by atoms with E-state index in [0.717, 1.165) is 6.42 Å². The van der Waals surface area contributed by atoms with Gasteiger partial charge in [-0.05, 0) is 35.0 Å². The van der Waals surface area contributed by atoms with Crippen molar-refractivity contribution in [3.63, 3.8) is 0 Å². The first kappa shape index (κ1) is 15.8. The van der Waals surface area contributed by atoms with Crippen molar-refractivity contribution >= 4 is 12.6 Å². The molecule has 2 N–H and O–H groups in total. The molecule has 1 unspecified atom stereocenters. The number of rotatable bonds is 6. The molecule has 0 amide bonds. The van der Waals surface area contributed by atoms with Crippen molar-refractivity contribution in [3.8, 4) is 0 Å².